The van der Waals surface area contributed by atoms with Gasteiger partial charge in [-0.1, -0.05) is 25.0 Å². The van der Waals surface area contributed by atoms with Crippen LogP contribution in [0.1, 0.15) is 46.5 Å². The molecule has 1 N–H and O–H groups in total. The zero-order chi connectivity index (χ0) is 18.4. The number of aromatic nitrogens is 2. The summed E-state index contributed by atoms with van der Waals surface area (Å²) in [6.45, 7) is 1.93. The maximum Gasteiger partial charge on any atom is 0.339 e. The Morgan fingerprint density at radius 3 is 2.38 bits per heavy atom. The van der Waals surface area contributed by atoms with E-state index < -0.39 is 11.9 Å². The molecule has 0 atom stereocenters. The van der Waals surface area contributed by atoms with Crippen molar-refractivity contribution in [3.05, 3.63) is 47.7 Å². The molecule has 0 unspecified atom stereocenters. The number of ether oxygens (including phenoxy) is 1. The van der Waals surface area contributed by atoms with Crippen molar-refractivity contribution < 1.29 is 14.3 Å². The van der Waals surface area contributed by atoms with Gasteiger partial charge in [0.25, 0.3) is 5.91 Å². The highest BCUT2D eigenvalue weighted by molar-refractivity contribution is 6.07. The molecule has 1 amide bonds. The van der Waals surface area contributed by atoms with Gasteiger partial charge >= 0.3 is 5.97 Å². The molecule has 7 heteroatoms. The Labute approximate surface area is 152 Å². The molecule has 26 heavy (non-hydrogen) atoms. The van der Waals surface area contributed by atoms with E-state index in [9.17, 15) is 9.59 Å². The fourth-order valence-corrected chi connectivity index (χ4v) is 2.98. The largest absolute Gasteiger partial charge is 0.465 e. The van der Waals surface area contributed by atoms with E-state index in [-0.39, 0.29) is 11.3 Å². The maximum absolute atomic E-state index is 12.4. The first-order valence-electron chi connectivity index (χ1n) is 8.76. The number of para-hydroxylation sites is 1. The van der Waals surface area contributed by atoms with E-state index in [1.54, 1.807) is 30.3 Å². The van der Waals surface area contributed by atoms with Gasteiger partial charge in [-0.05, 0) is 37.1 Å². The van der Waals surface area contributed by atoms with Gasteiger partial charge in [0, 0.05) is 13.1 Å². The van der Waals surface area contributed by atoms with Crippen LogP contribution >= 0.6 is 0 Å². The molecule has 1 saturated heterocycles. The van der Waals surface area contributed by atoms with Crippen LogP contribution in [0.15, 0.2) is 36.4 Å². The van der Waals surface area contributed by atoms with Gasteiger partial charge in [0.2, 0.25) is 0 Å². The Kier molecular flexibility index (Phi) is 5.78. The number of carbonyl (C=O) groups is 2. The van der Waals surface area contributed by atoms with Gasteiger partial charge in [-0.25, -0.2) is 4.79 Å². The second-order valence-corrected chi connectivity index (χ2v) is 6.17. The van der Waals surface area contributed by atoms with Crippen LogP contribution in [0.2, 0.25) is 0 Å². The van der Waals surface area contributed by atoms with Crippen LogP contribution in [-0.4, -0.2) is 42.3 Å². The minimum atomic E-state index is -0.511. The molecule has 1 fully saturated rings. The first kappa shape index (κ1) is 17.8. The van der Waals surface area contributed by atoms with Gasteiger partial charge in [0.1, 0.15) is 0 Å². The van der Waals surface area contributed by atoms with E-state index in [2.05, 4.69) is 20.4 Å². The quantitative estimate of drug-likeness (QED) is 0.850. The normalized spacial score (nSPS) is 14.4. The SMILES string of the molecule is COC(=O)c1ccccc1NC(=O)c1ccc(N2CCCCCC2)nn1. The zero-order valence-electron chi connectivity index (χ0n) is 14.8. The summed E-state index contributed by atoms with van der Waals surface area (Å²) in [6.07, 6.45) is 4.77. The Balaban J connectivity index is 1.72. The highest BCUT2D eigenvalue weighted by Gasteiger charge is 2.16. The molecule has 2 aromatic rings. The van der Waals surface area contributed by atoms with Crippen molar-refractivity contribution in [1.82, 2.24) is 10.2 Å². The summed E-state index contributed by atoms with van der Waals surface area (Å²) in [7, 11) is 1.30. The number of methoxy groups -OCH3 is 1. The molecular formula is C19H22N4O3. The van der Waals surface area contributed by atoms with Crippen LogP contribution in [0.25, 0.3) is 0 Å². The Bertz CT molecular complexity index is 769. The molecule has 1 aromatic heterocycles. The summed E-state index contributed by atoms with van der Waals surface area (Å²) in [5.74, 6) is -0.141. The van der Waals surface area contributed by atoms with Crippen molar-refractivity contribution >= 4 is 23.4 Å². The molecule has 7 nitrogen and oxygen atoms in total. The number of nitrogens with zero attached hydrogens (tertiary/aromatic N) is 3. The Morgan fingerprint density at radius 1 is 1.00 bits per heavy atom. The third-order valence-electron chi connectivity index (χ3n) is 4.39. The van der Waals surface area contributed by atoms with E-state index in [0.29, 0.717) is 5.69 Å². The molecule has 0 radical (unpaired) electrons. The van der Waals surface area contributed by atoms with Gasteiger partial charge in [0.15, 0.2) is 11.5 Å². The van der Waals surface area contributed by atoms with Gasteiger partial charge in [-0.15, -0.1) is 10.2 Å². The van der Waals surface area contributed by atoms with Crippen molar-refractivity contribution in [2.75, 3.05) is 30.4 Å². The molecule has 0 bridgehead atoms. The van der Waals surface area contributed by atoms with Crippen LogP contribution in [0.4, 0.5) is 11.5 Å². The number of amides is 1. The average Bonchev–Trinajstić information content (AvgIpc) is 2.97. The number of esters is 1. The third kappa shape index (κ3) is 4.17. The van der Waals surface area contributed by atoms with Crippen LogP contribution in [0.5, 0.6) is 0 Å². The standard InChI is InChI=1S/C19H22N4O3/c1-26-19(25)14-8-4-5-9-15(14)20-18(24)16-10-11-17(22-21-16)23-12-6-2-3-7-13-23/h4-5,8-11H,2-3,6-7,12-13H2,1H3,(H,20,24). The van der Waals surface area contributed by atoms with E-state index >= 15 is 0 Å². The van der Waals surface area contributed by atoms with Crippen molar-refractivity contribution in [1.29, 1.82) is 0 Å². The van der Waals surface area contributed by atoms with Gasteiger partial charge in [-0.3, -0.25) is 4.79 Å². The second kappa shape index (κ2) is 8.42. The lowest BCUT2D eigenvalue weighted by molar-refractivity contribution is 0.0602. The molecule has 1 aromatic carbocycles. The summed E-state index contributed by atoms with van der Waals surface area (Å²) in [5.41, 5.74) is 0.864. The van der Waals surface area contributed by atoms with Crippen LogP contribution in [0.3, 0.4) is 0 Å². The predicted octanol–water partition coefficient (Wildman–Crippen LogP) is 2.90. The smallest absolute Gasteiger partial charge is 0.339 e. The molecule has 136 valence electrons. The van der Waals surface area contributed by atoms with Crippen LogP contribution in [-0.2, 0) is 4.74 Å². The maximum atomic E-state index is 12.4. The number of nitrogens with one attached hydrogen (secondary N) is 1. The lowest BCUT2D eigenvalue weighted by Crippen LogP contribution is -2.25. The monoisotopic (exact) mass is 354 g/mol. The number of anilines is 2. The lowest BCUT2D eigenvalue weighted by atomic mass is 10.1. The van der Waals surface area contributed by atoms with E-state index in [4.69, 9.17) is 4.74 Å². The summed E-state index contributed by atoms with van der Waals surface area (Å²) < 4.78 is 4.73. The van der Waals surface area contributed by atoms with Gasteiger partial charge < -0.3 is 15.0 Å². The average molecular weight is 354 g/mol. The molecular weight excluding hydrogens is 332 g/mol. The molecule has 2 heterocycles. The molecule has 0 aliphatic carbocycles. The van der Waals surface area contributed by atoms with E-state index in [0.717, 1.165) is 31.7 Å². The van der Waals surface area contributed by atoms with Gasteiger partial charge in [-0.2, -0.15) is 0 Å². The molecule has 1 aliphatic rings. The minimum Gasteiger partial charge on any atom is -0.465 e. The highest BCUT2D eigenvalue weighted by Crippen LogP contribution is 2.19. The Morgan fingerprint density at radius 2 is 1.73 bits per heavy atom. The van der Waals surface area contributed by atoms with Crippen LogP contribution < -0.4 is 10.2 Å². The predicted molar refractivity (Wildman–Crippen MR) is 98.4 cm³/mol. The fraction of sp³-hybridized carbons (Fsp3) is 0.368. The number of hydrogen-bond acceptors (Lipinski definition) is 6. The zero-order valence-corrected chi connectivity index (χ0v) is 14.8. The molecule has 3 rings (SSSR count). The molecule has 0 spiro atoms. The first-order chi connectivity index (χ1) is 12.7. The second-order valence-electron chi connectivity index (χ2n) is 6.17. The number of benzene rings is 1. The number of carbonyl (C=O) groups excluding carboxylic acids is 2. The topological polar surface area (TPSA) is 84.4 Å². The summed E-state index contributed by atoms with van der Waals surface area (Å²) in [5, 5.41) is 11.0. The lowest BCUT2D eigenvalue weighted by Gasteiger charge is -2.20. The number of hydrogen-bond donors (Lipinski definition) is 1. The first-order valence-corrected chi connectivity index (χ1v) is 8.76. The highest BCUT2D eigenvalue weighted by atomic mass is 16.5. The Hall–Kier alpha value is -2.96. The van der Waals surface area contributed by atoms with E-state index in [1.165, 1.54) is 20.0 Å². The van der Waals surface area contributed by atoms with Crippen molar-refractivity contribution in [2.45, 2.75) is 25.7 Å². The minimum absolute atomic E-state index is 0.197. The molecule has 1 aliphatic heterocycles. The third-order valence-corrected chi connectivity index (χ3v) is 4.39. The summed E-state index contributed by atoms with van der Waals surface area (Å²) >= 11 is 0. The molecule has 0 saturated carbocycles. The summed E-state index contributed by atoms with van der Waals surface area (Å²) in [6, 6.07) is 10.1. The van der Waals surface area contributed by atoms with Crippen LogP contribution in [0, 0.1) is 0 Å². The fourth-order valence-electron chi connectivity index (χ4n) is 2.98. The summed E-state index contributed by atoms with van der Waals surface area (Å²) in [4.78, 5) is 26.4. The van der Waals surface area contributed by atoms with Crippen molar-refractivity contribution in [3.8, 4) is 0 Å². The number of rotatable bonds is 4. The van der Waals surface area contributed by atoms with Gasteiger partial charge in [0.05, 0.1) is 18.4 Å². The van der Waals surface area contributed by atoms with Crippen molar-refractivity contribution in [2.24, 2.45) is 0 Å². The van der Waals surface area contributed by atoms with Crippen molar-refractivity contribution in [3.63, 3.8) is 0 Å². The van der Waals surface area contributed by atoms with E-state index in [1.807, 2.05) is 6.07 Å².